The molecule has 0 aliphatic rings. The fraction of sp³-hybridized carbons (Fsp3) is 0.238. The van der Waals surface area contributed by atoms with Gasteiger partial charge in [0.25, 0.3) is 11.5 Å². The van der Waals surface area contributed by atoms with Gasteiger partial charge in [-0.25, -0.2) is 9.89 Å². The molecular weight excluding hydrogens is 358 g/mol. The average Bonchev–Trinajstić information content (AvgIpc) is 2.72. The van der Waals surface area contributed by atoms with Crippen LogP contribution in [-0.2, 0) is 22.4 Å². The second kappa shape index (κ2) is 8.47. The molecule has 0 spiro atoms. The van der Waals surface area contributed by atoms with E-state index in [4.69, 9.17) is 4.74 Å². The summed E-state index contributed by atoms with van der Waals surface area (Å²) in [4.78, 5) is 36.5. The molecule has 0 saturated heterocycles. The summed E-state index contributed by atoms with van der Waals surface area (Å²) in [6, 6.07) is 12.5. The minimum absolute atomic E-state index is 0.0359. The maximum absolute atomic E-state index is 12.4. The molecule has 0 fully saturated rings. The average molecular weight is 379 g/mol. The van der Waals surface area contributed by atoms with Crippen molar-refractivity contribution in [2.45, 2.75) is 26.7 Å². The van der Waals surface area contributed by atoms with Gasteiger partial charge in [-0.3, -0.25) is 9.59 Å². The summed E-state index contributed by atoms with van der Waals surface area (Å²) in [6.07, 6.45) is 1.55. The van der Waals surface area contributed by atoms with Crippen LogP contribution in [0.25, 0.3) is 10.8 Å². The highest BCUT2D eigenvalue weighted by Gasteiger charge is 2.17. The molecule has 0 radical (unpaired) electrons. The van der Waals surface area contributed by atoms with Gasteiger partial charge in [0, 0.05) is 11.1 Å². The third kappa shape index (κ3) is 3.93. The van der Waals surface area contributed by atoms with Crippen LogP contribution in [0.1, 0.15) is 35.5 Å². The van der Waals surface area contributed by atoms with Gasteiger partial charge in [-0.05, 0) is 30.0 Å². The number of carbonyl (C=O) groups excluding carboxylic acids is 2. The zero-order chi connectivity index (χ0) is 20.1. The van der Waals surface area contributed by atoms with Crippen molar-refractivity contribution in [2.24, 2.45) is 0 Å². The Morgan fingerprint density at radius 1 is 1.00 bits per heavy atom. The molecular formula is C21H21N3O4. The summed E-state index contributed by atoms with van der Waals surface area (Å²) in [5, 5.41) is 9.60. The van der Waals surface area contributed by atoms with Gasteiger partial charge in [0.2, 0.25) is 0 Å². The number of nitrogens with zero attached hydrogens (tertiary/aromatic N) is 1. The van der Waals surface area contributed by atoms with E-state index in [1.807, 2.05) is 32.0 Å². The summed E-state index contributed by atoms with van der Waals surface area (Å²) in [5.41, 5.74) is 2.38. The van der Waals surface area contributed by atoms with Gasteiger partial charge in [-0.2, -0.15) is 5.10 Å². The van der Waals surface area contributed by atoms with Gasteiger partial charge < -0.3 is 10.1 Å². The number of anilines is 1. The summed E-state index contributed by atoms with van der Waals surface area (Å²) in [5.74, 6) is -1.21. The van der Waals surface area contributed by atoms with Crippen molar-refractivity contribution < 1.29 is 14.3 Å². The lowest BCUT2D eigenvalue weighted by molar-refractivity contribution is -0.119. The molecule has 0 saturated carbocycles. The van der Waals surface area contributed by atoms with E-state index in [1.54, 1.807) is 24.3 Å². The fourth-order valence-electron chi connectivity index (χ4n) is 3.05. The normalized spacial score (nSPS) is 10.6. The Hall–Kier alpha value is -3.48. The molecule has 0 bridgehead atoms. The van der Waals surface area contributed by atoms with Crippen LogP contribution in [0.3, 0.4) is 0 Å². The summed E-state index contributed by atoms with van der Waals surface area (Å²) < 4.78 is 5.12. The minimum Gasteiger partial charge on any atom is -0.451 e. The molecule has 1 amide bonds. The van der Waals surface area contributed by atoms with Crippen LogP contribution >= 0.6 is 0 Å². The molecule has 7 heteroatoms. The van der Waals surface area contributed by atoms with E-state index in [0.717, 1.165) is 29.7 Å². The molecule has 3 aromatic rings. The molecule has 1 heterocycles. The van der Waals surface area contributed by atoms with Crippen LogP contribution in [0.2, 0.25) is 0 Å². The molecule has 2 N–H and O–H groups in total. The molecule has 0 unspecified atom stereocenters. The third-order valence-electron chi connectivity index (χ3n) is 4.49. The van der Waals surface area contributed by atoms with E-state index in [-0.39, 0.29) is 5.69 Å². The van der Waals surface area contributed by atoms with Gasteiger partial charge in [0.05, 0.1) is 5.39 Å². The SMILES string of the molecule is CCc1cccc(CC)c1NC(=O)COC(=O)c1n[nH]c(=O)c2ccccc12. The number of carbonyl (C=O) groups is 2. The maximum atomic E-state index is 12.4. The molecule has 7 nitrogen and oxygen atoms in total. The van der Waals surface area contributed by atoms with Gasteiger partial charge in [-0.1, -0.05) is 50.2 Å². The minimum atomic E-state index is -0.776. The highest BCUT2D eigenvalue weighted by molar-refractivity contribution is 6.03. The van der Waals surface area contributed by atoms with Crippen LogP contribution in [-0.4, -0.2) is 28.7 Å². The van der Waals surface area contributed by atoms with E-state index < -0.39 is 24.0 Å². The molecule has 0 aliphatic carbocycles. The number of ether oxygens (including phenoxy) is 1. The first-order valence-electron chi connectivity index (χ1n) is 9.10. The molecule has 0 atom stereocenters. The third-order valence-corrected chi connectivity index (χ3v) is 4.49. The number of nitrogens with one attached hydrogen (secondary N) is 2. The Morgan fingerprint density at radius 3 is 2.29 bits per heavy atom. The van der Waals surface area contributed by atoms with Crippen molar-refractivity contribution in [3.8, 4) is 0 Å². The van der Waals surface area contributed by atoms with Crippen LogP contribution in [0.5, 0.6) is 0 Å². The predicted octanol–water partition coefficient (Wildman–Crippen LogP) is 2.84. The van der Waals surface area contributed by atoms with Crippen molar-refractivity contribution in [3.63, 3.8) is 0 Å². The highest BCUT2D eigenvalue weighted by atomic mass is 16.5. The number of benzene rings is 2. The Bertz CT molecular complexity index is 1070. The number of hydrogen-bond acceptors (Lipinski definition) is 5. The van der Waals surface area contributed by atoms with E-state index >= 15 is 0 Å². The zero-order valence-electron chi connectivity index (χ0n) is 15.7. The molecule has 144 valence electrons. The number of aromatic amines is 1. The number of esters is 1. The fourth-order valence-corrected chi connectivity index (χ4v) is 3.05. The highest BCUT2D eigenvalue weighted by Crippen LogP contribution is 2.22. The van der Waals surface area contributed by atoms with Crippen molar-refractivity contribution >= 4 is 28.3 Å². The van der Waals surface area contributed by atoms with Gasteiger partial charge in [0.1, 0.15) is 0 Å². The quantitative estimate of drug-likeness (QED) is 0.642. The number of H-pyrrole nitrogens is 1. The standard InChI is InChI=1S/C21H21N3O4/c1-3-13-8-7-9-14(4-2)18(13)22-17(25)12-28-21(27)19-15-10-5-6-11-16(15)20(26)24-23-19/h5-11H,3-4,12H2,1-2H3,(H,22,25)(H,24,26). The van der Waals surface area contributed by atoms with Crippen molar-refractivity contribution in [1.29, 1.82) is 0 Å². The number of fused-ring (bicyclic) bond motifs is 1. The summed E-state index contributed by atoms with van der Waals surface area (Å²) in [7, 11) is 0. The first-order valence-corrected chi connectivity index (χ1v) is 9.10. The first kappa shape index (κ1) is 19.3. The number of aromatic nitrogens is 2. The second-order valence-electron chi connectivity index (χ2n) is 6.23. The lowest BCUT2D eigenvalue weighted by atomic mass is 10.0. The van der Waals surface area contributed by atoms with Crippen molar-refractivity contribution in [2.75, 3.05) is 11.9 Å². The smallest absolute Gasteiger partial charge is 0.359 e. The maximum Gasteiger partial charge on any atom is 0.359 e. The van der Waals surface area contributed by atoms with Gasteiger partial charge in [0.15, 0.2) is 12.3 Å². The predicted molar refractivity (Wildman–Crippen MR) is 106 cm³/mol. The van der Waals surface area contributed by atoms with Gasteiger partial charge >= 0.3 is 5.97 Å². The van der Waals surface area contributed by atoms with E-state index in [2.05, 4.69) is 15.5 Å². The number of para-hydroxylation sites is 1. The molecule has 0 aliphatic heterocycles. The van der Waals surface area contributed by atoms with Crippen LogP contribution in [0.4, 0.5) is 5.69 Å². The number of rotatable bonds is 6. The molecule has 2 aromatic carbocycles. The lowest BCUT2D eigenvalue weighted by Gasteiger charge is -2.14. The van der Waals surface area contributed by atoms with Gasteiger partial charge in [-0.15, -0.1) is 0 Å². The lowest BCUT2D eigenvalue weighted by Crippen LogP contribution is -2.23. The monoisotopic (exact) mass is 379 g/mol. The van der Waals surface area contributed by atoms with E-state index in [0.29, 0.717) is 10.8 Å². The van der Waals surface area contributed by atoms with Crippen LogP contribution in [0, 0.1) is 0 Å². The van der Waals surface area contributed by atoms with Crippen LogP contribution in [0.15, 0.2) is 47.3 Å². The number of hydrogen-bond donors (Lipinski definition) is 2. The number of aryl methyl sites for hydroxylation is 2. The Morgan fingerprint density at radius 2 is 1.64 bits per heavy atom. The Balaban J connectivity index is 1.73. The first-order chi connectivity index (χ1) is 13.5. The van der Waals surface area contributed by atoms with E-state index in [1.165, 1.54) is 0 Å². The summed E-state index contributed by atoms with van der Waals surface area (Å²) >= 11 is 0. The molecule has 1 aromatic heterocycles. The number of amides is 1. The van der Waals surface area contributed by atoms with Crippen molar-refractivity contribution in [3.05, 3.63) is 69.6 Å². The zero-order valence-corrected chi connectivity index (χ0v) is 15.7. The topological polar surface area (TPSA) is 101 Å². The van der Waals surface area contributed by atoms with Crippen LogP contribution < -0.4 is 10.9 Å². The Labute approximate surface area is 161 Å². The summed E-state index contributed by atoms with van der Waals surface area (Å²) in [6.45, 7) is 3.57. The van der Waals surface area contributed by atoms with Crippen molar-refractivity contribution in [1.82, 2.24) is 10.2 Å². The Kier molecular flexibility index (Phi) is 5.84. The molecule has 28 heavy (non-hydrogen) atoms. The molecule has 3 rings (SSSR count). The second-order valence-corrected chi connectivity index (χ2v) is 6.23. The van der Waals surface area contributed by atoms with E-state index in [9.17, 15) is 14.4 Å². The largest absolute Gasteiger partial charge is 0.451 e.